The summed E-state index contributed by atoms with van der Waals surface area (Å²) in [6.45, 7) is 3.03. The van der Waals surface area contributed by atoms with E-state index in [9.17, 15) is 0 Å². The first kappa shape index (κ1) is 21.6. The van der Waals surface area contributed by atoms with E-state index < -0.39 is 0 Å². The summed E-state index contributed by atoms with van der Waals surface area (Å²) in [5.41, 5.74) is 1.00. The maximum absolute atomic E-state index is 5.93. The zero-order valence-corrected chi connectivity index (χ0v) is 18.0. The maximum atomic E-state index is 5.93. The Kier molecular flexibility index (Phi) is 7.93. The van der Waals surface area contributed by atoms with E-state index in [0.29, 0.717) is 11.7 Å². The van der Waals surface area contributed by atoms with E-state index >= 15 is 0 Å². The van der Waals surface area contributed by atoms with Gasteiger partial charge in [-0.25, -0.2) is 0 Å². The topological polar surface area (TPSA) is 48.2 Å². The molecule has 1 aromatic heterocycles. The summed E-state index contributed by atoms with van der Waals surface area (Å²) < 4.78 is 11.5. The number of aromatic nitrogens is 2. The van der Waals surface area contributed by atoms with Gasteiger partial charge in [-0.15, -0.1) is 12.4 Å². The Morgan fingerprint density at radius 2 is 1.72 bits per heavy atom. The van der Waals surface area contributed by atoms with Crippen molar-refractivity contribution in [1.82, 2.24) is 10.1 Å². The number of hydrogen-bond acceptors (Lipinski definition) is 4. The van der Waals surface area contributed by atoms with Crippen molar-refractivity contribution in [2.45, 2.75) is 70.6 Å². The number of rotatable bonds is 9. The molecule has 1 aliphatic rings. The summed E-state index contributed by atoms with van der Waals surface area (Å²) in [4.78, 5) is 4.66. The van der Waals surface area contributed by atoms with Crippen molar-refractivity contribution in [3.05, 3.63) is 42.3 Å². The highest BCUT2D eigenvalue weighted by molar-refractivity contribution is 5.87. The van der Waals surface area contributed by atoms with Gasteiger partial charge in [-0.1, -0.05) is 68.8 Å². The number of benzene rings is 2. The molecule has 5 heteroatoms. The van der Waals surface area contributed by atoms with Gasteiger partial charge in [-0.3, -0.25) is 0 Å². The van der Waals surface area contributed by atoms with Gasteiger partial charge in [0.1, 0.15) is 5.75 Å². The molecule has 1 aliphatic carbocycles. The lowest BCUT2D eigenvalue weighted by molar-refractivity contribution is 0.305. The molecule has 0 spiro atoms. The Morgan fingerprint density at radius 3 is 2.55 bits per heavy atom. The van der Waals surface area contributed by atoms with Gasteiger partial charge in [-0.05, 0) is 48.2 Å². The highest BCUT2D eigenvalue weighted by Crippen LogP contribution is 2.34. The highest BCUT2D eigenvalue weighted by Gasteiger charge is 2.23. The van der Waals surface area contributed by atoms with Crippen LogP contribution < -0.4 is 4.74 Å². The van der Waals surface area contributed by atoms with Crippen molar-refractivity contribution in [3.63, 3.8) is 0 Å². The first-order valence-electron chi connectivity index (χ1n) is 10.8. The lowest BCUT2D eigenvalue weighted by atomic mass is 10.1. The molecule has 4 rings (SSSR count). The fourth-order valence-electron chi connectivity index (χ4n) is 4.04. The van der Waals surface area contributed by atoms with Crippen molar-refractivity contribution < 1.29 is 9.26 Å². The molecular formula is C24H31ClN2O2. The number of fused-ring (bicyclic) bond motifs is 1. The van der Waals surface area contributed by atoms with Crippen LogP contribution in [0, 0.1) is 0 Å². The Balaban J connectivity index is 0.00000240. The summed E-state index contributed by atoms with van der Waals surface area (Å²) in [5, 5.41) is 6.56. The smallest absolute Gasteiger partial charge is 0.230 e. The molecule has 0 amide bonds. The first-order valence-corrected chi connectivity index (χ1v) is 10.8. The van der Waals surface area contributed by atoms with Gasteiger partial charge >= 0.3 is 0 Å². The van der Waals surface area contributed by atoms with Gasteiger partial charge < -0.3 is 9.26 Å². The van der Waals surface area contributed by atoms with Crippen LogP contribution in [-0.2, 0) is 0 Å². The molecule has 0 radical (unpaired) electrons. The molecule has 4 nitrogen and oxygen atoms in total. The zero-order valence-electron chi connectivity index (χ0n) is 17.2. The second-order valence-electron chi connectivity index (χ2n) is 7.92. The molecular weight excluding hydrogens is 384 g/mol. The van der Waals surface area contributed by atoms with Crippen LogP contribution in [0.1, 0.15) is 76.5 Å². The summed E-state index contributed by atoms with van der Waals surface area (Å²) in [5.74, 6) is 2.88. The molecule has 2 aromatic carbocycles. The molecule has 156 valence electrons. The molecule has 0 N–H and O–H groups in total. The van der Waals surface area contributed by atoms with E-state index in [-0.39, 0.29) is 12.4 Å². The van der Waals surface area contributed by atoms with E-state index in [2.05, 4.69) is 53.5 Å². The molecule has 0 saturated heterocycles. The standard InChI is InChI=1S/C24H30N2O2.ClH/c1-2-3-4-5-8-15-27-22-14-13-19-16-21(12-11-20(19)17-22)23-25-24(28-26-23)18-9-6-7-10-18;/h11-14,16-18H,2-10,15H2,1H3;1H. The second-order valence-corrected chi connectivity index (χ2v) is 7.92. The van der Waals surface area contributed by atoms with E-state index in [1.54, 1.807) is 0 Å². The van der Waals surface area contributed by atoms with E-state index in [0.717, 1.165) is 30.2 Å². The van der Waals surface area contributed by atoms with Crippen LogP contribution in [0.4, 0.5) is 0 Å². The number of unbranched alkanes of at least 4 members (excludes halogenated alkanes) is 4. The number of nitrogens with zero attached hydrogens (tertiary/aromatic N) is 2. The minimum atomic E-state index is 0. The highest BCUT2D eigenvalue weighted by atomic mass is 35.5. The van der Waals surface area contributed by atoms with Crippen LogP contribution in [0.25, 0.3) is 22.2 Å². The lowest BCUT2D eigenvalue weighted by Gasteiger charge is -2.08. The van der Waals surface area contributed by atoms with E-state index in [1.165, 1.54) is 62.1 Å². The van der Waals surface area contributed by atoms with Crippen molar-refractivity contribution in [3.8, 4) is 17.1 Å². The van der Waals surface area contributed by atoms with E-state index in [4.69, 9.17) is 9.26 Å². The average molecular weight is 415 g/mol. The molecule has 29 heavy (non-hydrogen) atoms. The number of hydrogen-bond donors (Lipinski definition) is 0. The third kappa shape index (κ3) is 5.51. The van der Waals surface area contributed by atoms with Gasteiger partial charge in [0, 0.05) is 11.5 Å². The summed E-state index contributed by atoms with van der Waals surface area (Å²) >= 11 is 0. The van der Waals surface area contributed by atoms with Crippen molar-refractivity contribution in [2.24, 2.45) is 0 Å². The Labute approximate surface area is 179 Å². The van der Waals surface area contributed by atoms with Crippen LogP contribution in [0.2, 0.25) is 0 Å². The van der Waals surface area contributed by atoms with E-state index in [1.807, 2.05) is 0 Å². The van der Waals surface area contributed by atoms with Crippen molar-refractivity contribution in [2.75, 3.05) is 6.61 Å². The molecule has 0 bridgehead atoms. The van der Waals surface area contributed by atoms with Gasteiger partial charge in [0.05, 0.1) is 6.61 Å². The van der Waals surface area contributed by atoms with Crippen molar-refractivity contribution >= 4 is 23.2 Å². The molecule has 3 aromatic rings. The Bertz CT molecular complexity index is 903. The molecule has 0 unspecified atom stereocenters. The summed E-state index contributed by atoms with van der Waals surface area (Å²) in [6.07, 6.45) is 11.1. The van der Waals surface area contributed by atoms with Crippen LogP contribution in [0.5, 0.6) is 5.75 Å². The normalized spacial score (nSPS) is 14.2. The molecule has 1 heterocycles. The van der Waals surface area contributed by atoms with Gasteiger partial charge in [-0.2, -0.15) is 4.98 Å². The van der Waals surface area contributed by atoms with Gasteiger partial charge in [0.25, 0.3) is 0 Å². The van der Waals surface area contributed by atoms with Gasteiger partial charge in [0.2, 0.25) is 11.7 Å². The van der Waals surface area contributed by atoms with Crippen LogP contribution >= 0.6 is 12.4 Å². The third-order valence-corrected chi connectivity index (χ3v) is 5.73. The first-order chi connectivity index (χ1) is 13.8. The predicted octanol–water partition coefficient (Wildman–Crippen LogP) is 7.32. The second kappa shape index (κ2) is 10.6. The maximum Gasteiger partial charge on any atom is 0.230 e. The molecule has 0 atom stereocenters. The quantitative estimate of drug-likeness (QED) is 0.344. The van der Waals surface area contributed by atoms with Crippen LogP contribution in [-0.4, -0.2) is 16.7 Å². The van der Waals surface area contributed by atoms with Crippen LogP contribution in [0.3, 0.4) is 0 Å². The zero-order chi connectivity index (χ0) is 19.2. The lowest BCUT2D eigenvalue weighted by Crippen LogP contribution is -1.97. The predicted molar refractivity (Wildman–Crippen MR) is 120 cm³/mol. The SMILES string of the molecule is CCCCCCCOc1ccc2cc(-c3noc(C4CCCC4)n3)ccc2c1.Cl. The average Bonchev–Trinajstić information content (AvgIpc) is 3.42. The number of halogens is 1. The third-order valence-electron chi connectivity index (χ3n) is 5.73. The molecule has 1 fully saturated rings. The molecule has 1 saturated carbocycles. The van der Waals surface area contributed by atoms with Crippen molar-refractivity contribution in [1.29, 1.82) is 0 Å². The summed E-state index contributed by atoms with van der Waals surface area (Å²) in [7, 11) is 0. The minimum Gasteiger partial charge on any atom is -0.494 e. The van der Waals surface area contributed by atoms with Gasteiger partial charge in [0.15, 0.2) is 0 Å². The fourth-order valence-corrected chi connectivity index (χ4v) is 4.04. The Hall–Kier alpha value is -2.07. The summed E-state index contributed by atoms with van der Waals surface area (Å²) in [6, 6.07) is 12.6. The fraction of sp³-hybridized carbons (Fsp3) is 0.500. The monoisotopic (exact) mass is 414 g/mol. The minimum absolute atomic E-state index is 0. The van der Waals surface area contributed by atoms with Crippen LogP contribution in [0.15, 0.2) is 40.9 Å². The number of ether oxygens (including phenoxy) is 1. The molecule has 0 aliphatic heterocycles. The largest absolute Gasteiger partial charge is 0.494 e. The Morgan fingerprint density at radius 1 is 0.966 bits per heavy atom.